The minimum atomic E-state index is -0.174. The first kappa shape index (κ1) is 19.1. The van der Waals surface area contributed by atoms with Gasteiger partial charge in [-0.1, -0.05) is 12.5 Å². The molecule has 1 aromatic heterocycles. The smallest absolute Gasteiger partial charge is 0.259 e. The highest BCUT2D eigenvalue weighted by molar-refractivity contribution is 5.85. The van der Waals surface area contributed by atoms with Crippen molar-refractivity contribution in [2.45, 2.75) is 44.2 Å². The van der Waals surface area contributed by atoms with Gasteiger partial charge in [-0.15, -0.1) is 0 Å². The number of para-hydroxylation sites is 1. The van der Waals surface area contributed by atoms with Crippen LogP contribution in [0, 0.1) is 0 Å². The van der Waals surface area contributed by atoms with E-state index in [2.05, 4.69) is 14.9 Å². The van der Waals surface area contributed by atoms with Crippen LogP contribution in [0.15, 0.2) is 47.3 Å². The van der Waals surface area contributed by atoms with Crippen LogP contribution < -0.4 is 15.0 Å². The summed E-state index contributed by atoms with van der Waals surface area (Å²) in [5.74, 6) is 1.98. The van der Waals surface area contributed by atoms with Crippen molar-refractivity contribution in [3.8, 4) is 22.9 Å². The monoisotopic (exact) mass is 405 g/mol. The Morgan fingerprint density at radius 1 is 1.03 bits per heavy atom. The first-order valence-corrected chi connectivity index (χ1v) is 10.8. The van der Waals surface area contributed by atoms with Gasteiger partial charge in [-0.3, -0.25) is 4.79 Å². The third-order valence-corrected chi connectivity index (χ3v) is 6.42. The van der Waals surface area contributed by atoms with Crippen LogP contribution in [-0.4, -0.2) is 47.2 Å². The molecule has 1 aliphatic heterocycles. The maximum atomic E-state index is 12.5. The maximum Gasteiger partial charge on any atom is 0.259 e. The van der Waals surface area contributed by atoms with Crippen molar-refractivity contribution in [1.82, 2.24) is 14.9 Å². The van der Waals surface area contributed by atoms with E-state index in [0.717, 1.165) is 43.3 Å². The molecule has 0 spiro atoms. The minimum absolute atomic E-state index is 0.174. The molecule has 1 N–H and O–H groups in total. The standard InChI is InChI=1S/C24H27N3O3/c1-29-21-7-3-6-20-22(21)25-23(26-24(20)28)16-8-10-18(11-9-16)30-19-12-14-27(15-13-19)17-4-2-5-17/h3,6-11,17,19H,2,4-5,12-15H2,1H3,(H,25,26,28). The van der Waals surface area contributed by atoms with Crippen LogP contribution in [-0.2, 0) is 0 Å². The van der Waals surface area contributed by atoms with Crippen molar-refractivity contribution in [3.05, 3.63) is 52.8 Å². The quantitative estimate of drug-likeness (QED) is 0.695. The number of benzene rings is 2. The van der Waals surface area contributed by atoms with E-state index in [-0.39, 0.29) is 11.7 Å². The van der Waals surface area contributed by atoms with E-state index in [1.54, 1.807) is 19.2 Å². The molecule has 0 radical (unpaired) electrons. The second-order valence-electron chi connectivity index (χ2n) is 8.23. The molecule has 2 fully saturated rings. The van der Waals surface area contributed by atoms with Crippen molar-refractivity contribution < 1.29 is 9.47 Å². The summed E-state index contributed by atoms with van der Waals surface area (Å²) in [6.07, 6.45) is 6.55. The summed E-state index contributed by atoms with van der Waals surface area (Å²) >= 11 is 0. The number of aromatic amines is 1. The SMILES string of the molecule is COc1cccc2c(=O)[nH]c(-c3ccc(OC4CCN(C5CCC5)CC4)cc3)nc12. The third-order valence-electron chi connectivity index (χ3n) is 6.42. The van der Waals surface area contributed by atoms with Crippen LogP contribution in [0.25, 0.3) is 22.3 Å². The number of piperidine rings is 1. The summed E-state index contributed by atoms with van der Waals surface area (Å²) in [7, 11) is 1.58. The first-order valence-electron chi connectivity index (χ1n) is 10.8. The molecule has 156 valence electrons. The van der Waals surface area contributed by atoms with Crippen LogP contribution in [0.3, 0.4) is 0 Å². The van der Waals surface area contributed by atoms with Crippen LogP contribution >= 0.6 is 0 Å². The Balaban J connectivity index is 1.30. The number of hydrogen-bond donors (Lipinski definition) is 1. The Labute approximate surface area is 175 Å². The predicted molar refractivity (Wildman–Crippen MR) is 117 cm³/mol. The molecule has 1 aliphatic carbocycles. The topological polar surface area (TPSA) is 67.5 Å². The van der Waals surface area contributed by atoms with Gasteiger partial charge in [0.25, 0.3) is 5.56 Å². The summed E-state index contributed by atoms with van der Waals surface area (Å²) in [5.41, 5.74) is 1.23. The van der Waals surface area contributed by atoms with Gasteiger partial charge in [0.05, 0.1) is 12.5 Å². The fourth-order valence-electron chi connectivity index (χ4n) is 4.43. The van der Waals surface area contributed by atoms with Gasteiger partial charge >= 0.3 is 0 Å². The molecule has 2 heterocycles. The zero-order valence-corrected chi connectivity index (χ0v) is 17.3. The van der Waals surface area contributed by atoms with Crippen LogP contribution in [0.4, 0.5) is 0 Å². The molecule has 6 nitrogen and oxygen atoms in total. The lowest BCUT2D eigenvalue weighted by Crippen LogP contribution is -2.46. The van der Waals surface area contributed by atoms with E-state index >= 15 is 0 Å². The fraction of sp³-hybridized carbons (Fsp3) is 0.417. The summed E-state index contributed by atoms with van der Waals surface area (Å²) in [5, 5.41) is 0.520. The molecule has 5 rings (SSSR count). The zero-order valence-electron chi connectivity index (χ0n) is 17.3. The highest BCUT2D eigenvalue weighted by Crippen LogP contribution is 2.29. The van der Waals surface area contributed by atoms with Gasteiger partial charge in [0.2, 0.25) is 0 Å². The lowest BCUT2D eigenvalue weighted by Gasteiger charge is -2.41. The van der Waals surface area contributed by atoms with E-state index in [4.69, 9.17) is 9.47 Å². The number of H-pyrrole nitrogens is 1. The molecule has 3 aromatic rings. The zero-order chi connectivity index (χ0) is 20.5. The summed E-state index contributed by atoms with van der Waals surface area (Å²) in [6, 6.07) is 14.0. The van der Waals surface area contributed by atoms with Crippen LogP contribution in [0.2, 0.25) is 0 Å². The summed E-state index contributed by atoms with van der Waals surface area (Å²) in [4.78, 5) is 22.6. The molecule has 1 saturated carbocycles. The van der Waals surface area contributed by atoms with Crippen LogP contribution in [0.5, 0.6) is 11.5 Å². The van der Waals surface area contributed by atoms with E-state index in [1.165, 1.54) is 19.3 Å². The van der Waals surface area contributed by atoms with Gasteiger partial charge in [-0.2, -0.15) is 0 Å². The van der Waals surface area contributed by atoms with Gasteiger partial charge in [0.15, 0.2) is 0 Å². The Bertz CT molecular complexity index is 1080. The Morgan fingerprint density at radius 2 is 1.80 bits per heavy atom. The Hall–Kier alpha value is -2.86. The van der Waals surface area contributed by atoms with E-state index in [0.29, 0.717) is 22.5 Å². The number of aromatic nitrogens is 2. The molecule has 30 heavy (non-hydrogen) atoms. The lowest BCUT2D eigenvalue weighted by molar-refractivity contribution is 0.0493. The molecule has 1 saturated heterocycles. The van der Waals surface area contributed by atoms with Gasteiger partial charge in [0, 0.05) is 24.7 Å². The normalized spacial score (nSPS) is 18.3. The number of nitrogens with zero attached hydrogens (tertiary/aromatic N) is 2. The Kier molecular flexibility index (Phi) is 5.17. The van der Waals surface area contributed by atoms with E-state index in [9.17, 15) is 4.79 Å². The van der Waals surface area contributed by atoms with Crippen molar-refractivity contribution >= 4 is 10.9 Å². The van der Waals surface area contributed by atoms with Crippen molar-refractivity contribution in [1.29, 1.82) is 0 Å². The molecule has 0 atom stereocenters. The summed E-state index contributed by atoms with van der Waals surface area (Å²) < 4.78 is 11.6. The number of ether oxygens (including phenoxy) is 2. The number of rotatable bonds is 5. The highest BCUT2D eigenvalue weighted by Gasteiger charge is 2.29. The second kappa shape index (κ2) is 8.11. The molecular formula is C24H27N3O3. The number of hydrogen-bond acceptors (Lipinski definition) is 5. The molecule has 0 bridgehead atoms. The van der Waals surface area contributed by atoms with Gasteiger partial charge < -0.3 is 19.4 Å². The van der Waals surface area contributed by atoms with Gasteiger partial charge in [0.1, 0.15) is 28.9 Å². The number of fused-ring (bicyclic) bond motifs is 1. The first-order chi connectivity index (χ1) is 14.7. The van der Waals surface area contributed by atoms with Gasteiger partial charge in [-0.05, 0) is 62.1 Å². The fourth-order valence-corrected chi connectivity index (χ4v) is 4.43. The number of nitrogens with one attached hydrogen (secondary N) is 1. The average molecular weight is 405 g/mol. The predicted octanol–water partition coefficient (Wildman–Crippen LogP) is 3.99. The Morgan fingerprint density at radius 3 is 2.47 bits per heavy atom. The average Bonchev–Trinajstić information content (AvgIpc) is 2.74. The van der Waals surface area contributed by atoms with E-state index in [1.807, 2.05) is 30.3 Å². The van der Waals surface area contributed by atoms with Crippen molar-refractivity contribution in [2.75, 3.05) is 20.2 Å². The molecule has 2 aromatic carbocycles. The number of methoxy groups -OCH3 is 1. The molecule has 0 amide bonds. The largest absolute Gasteiger partial charge is 0.494 e. The molecule has 6 heteroatoms. The van der Waals surface area contributed by atoms with E-state index < -0.39 is 0 Å². The lowest BCUT2D eigenvalue weighted by atomic mass is 9.90. The second-order valence-corrected chi connectivity index (χ2v) is 8.23. The maximum absolute atomic E-state index is 12.5. The van der Waals surface area contributed by atoms with Gasteiger partial charge in [-0.25, -0.2) is 4.98 Å². The number of likely N-dealkylation sites (tertiary alicyclic amines) is 1. The molecule has 2 aliphatic rings. The summed E-state index contributed by atoms with van der Waals surface area (Å²) in [6.45, 7) is 2.27. The third kappa shape index (κ3) is 3.67. The molecule has 0 unspecified atom stereocenters. The van der Waals surface area contributed by atoms with Crippen molar-refractivity contribution in [2.24, 2.45) is 0 Å². The molecular weight excluding hydrogens is 378 g/mol. The minimum Gasteiger partial charge on any atom is -0.494 e. The highest BCUT2D eigenvalue weighted by atomic mass is 16.5. The van der Waals surface area contributed by atoms with Crippen LogP contribution in [0.1, 0.15) is 32.1 Å². The van der Waals surface area contributed by atoms with Crippen molar-refractivity contribution in [3.63, 3.8) is 0 Å².